The molecule has 2 aromatic rings. The summed E-state index contributed by atoms with van der Waals surface area (Å²) >= 11 is 1.27. The summed E-state index contributed by atoms with van der Waals surface area (Å²) in [6, 6.07) is 6.00. The highest BCUT2D eigenvalue weighted by atomic mass is 32.1. The lowest BCUT2D eigenvalue weighted by molar-refractivity contribution is -0.123. The molecule has 0 bridgehead atoms. The van der Waals surface area contributed by atoms with E-state index in [1.807, 2.05) is 6.92 Å². The number of hydrogen-bond donors (Lipinski definition) is 3. The number of benzene rings is 1. The van der Waals surface area contributed by atoms with Crippen LogP contribution in [0.5, 0.6) is 0 Å². The van der Waals surface area contributed by atoms with Crippen molar-refractivity contribution in [3.8, 4) is 0 Å². The zero-order chi connectivity index (χ0) is 21.0. The molecule has 0 saturated heterocycles. The van der Waals surface area contributed by atoms with Crippen molar-refractivity contribution in [1.82, 2.24) is 0 Å². The van der Waals surface area contributed by atoms with Gasteiger partial charge in [-0.15, -0.1) is 11.3 Å². The van der Waals surface area contributed by atoms with Gasteiger partial charge in [0, 0.05) is 23.1 Å². The van der Waals surface area contributed by atoms with Gasteiger partial charge in [-0.3, -0.25) is 14.4 Å². The first kappa shape index (κ1) is 21.1. The number of primary amides is 1. The lowest BCUT2D eigenvalue weighted by atomic mass is 10.1. The summed E-state index contributed by atoms with van der Waals surface area (Å²) in [5, 5.41) is 5.60. The van der Waals surface area contributed by atoms with Crippen LogP contribution in [0.1, 0.15) is 45.0 Å². The molecule has 9 heteroatoms. The largest absolute Gasteiger partial charge is 0.449 e. The Labute approximate surface area is 166 Å². The molecule has 1 atom stereocenters. The summed E-state index contributed by atoms with van der Waals surface area (Å²) in [6.45, 7) is 6.36. The van der Waals surface area contributed by atoms with Gasteiger partial charge in [-0.05, 0) is 50.6 Å². The summed E-state index contributed by atoms with van der Waals surface area (Å²) in [6.07, 6.45) is -1.08. The van der Waals surface area contributed by atoms with E-state index in [9.17, 15) is 19.2 Å². The van der Waals surface area contributed by atoms with Gasteiger partial charge in [-0.2, -0.15) is 0 Å². The smallest absolute Gasteiger partial charge is 0.342 e. The standard InChI is InChI=1S/C19H21N3O5S/c1-9-11(3)28-18(21-12(4)23)15(9)19(26)27-10(2)17(25)22-14-7-5-13(6-8-14)16(20)24/h5-8,10H,1-4H3,(H2,20,24)(H,21,23)(H,22,25)/t10-/m0/s1. The maximum Gasteiger partial charge on any atom is 0.342 e. The third-order valence-electron chi connectivity index (χ3n) is 3.97. The Morgan fingerprint density at radius 1 is 1.07 bits per heavy atom. The Morgan fingerprint density at radius 2 is 1.68 bits per heavy atom. The lowest BCUT2D eigenvalue weighted by Gasteiger charge is -2.14. The van der Waals surface area contributed by atoms with Crippen LogP contribution in [-0.2, 0) is 14.3 Å². The average Bonchev–Trinajstić information content (AvgIpc) is 2.88. The van der Waals surface area contributed by atoms with E-state index >= 15 is 0 Å². The molecular weight excluding hydrogens is 382 g/mol. The predicted molar refractivity (Wildman–Crippen MR) is 107 cm³/mol. The molecule has 0 fully saturated rings. The zero-order valence-electron chi connectivity index (χ0n) is 15.9. The molecule has 0 aliphatic rings. The van der Waals surface area contributed by atoms with E-state index in [1.54, 1.807) is 6.92 Å². The number of amides is 3. The normalized spacial score (nSPS) is 11.4. The summed E-state index contributed by atoms with van der Waals surface area (Å²) < 4.78 is 5.28. The van der Waals surface area contributed by atoms with E-state index in [-0.39, 0.29) is 11.5 Å². The van der Waals surface area contributed by atoms with Gasteiger partial charge in [0.2, 0.25) is 11.8 Å². The van der Waals surface area contributed by atoms with Crippen LogP contribution < -0.4 is 16.4 Å². The summed E-state index contributed by atoms with van der Waals surface area (Å²) in [5.74, 6) is -2.11. The number of anilines is 2. The topological polar surface area (TPSA) is 128 Å². The number of rotatable bonds is 6. The Balaban J connectivity index is 2.08. The Hall–Kier alpha value is -3.20. The summed E-state index contributed by atoms with van der Waals surface area (Å²) in [5.41, 5.74) is 6.84. The number of carbonyl (C=O) groups excluding carboxylic acids is 4. The fraction of sp³-hybridized carbons (Fsp3) is 0.263. The molecule has 0 spiro atoms. The Morgan fingerprint density at radius 3 is 2.21 bits per heavy atom. The molecule has 1 heterocycles. The van der Waals surface area contributed by atoms with Crippen LogP contribution in [0.15, 0.2) is 24.3 Å². The van der Waals surface area contributed by atoms with E-state index in [1.165, 1.54) is 49.4 Å². The molecule has 0 aliphatic heterocycles. The molecule has 0 unspecified atom stereocenters. The van der Waals surface area contributed by atoms with Gasteiger partial charge in [0.05, 0.1) is 5.56 Å². The van der Waals surface area contributed by atoms with Gasteiger partial charge in [0.1, 0.15) is 5.00 Å². The lowest BCUT2D eigenvalue weighted by Crippen LogP contribution is -2.30. The van der Waals surface area contributed by atoms with E-state index < -0.39 is 23.9 Å². The minimum atomic E-state index is -1.08. The Kier molecular flexibility index (Phi) is 6.53. The molecule has 4 N–H and O–H groups in total. The Bertz CT molecular complexity index is 934. The second-order valence-electron chi connectivity index (χ2n) is 6.15. The molecule has 8 nitrogen and oxygen atoms in total. The van der Waals surface area contributed by atoms with Gasteiger partial charge >= 0.3 is 5.97 Å². The quantitative estimate of drug-likeness (QED) is 0.639. The number of thiophene rings is 1. The summed E-state index contributed by atoms with van der Waals surface area (Å²) in [7, 11) is 0. The SMILES string of the molecule is CC(=O)Nc1sc(C)c(C)c1C(=O)O[C@@H](C)C(=O)Nc1ccc(C(N)=O)cc1. The number of aryl methyl sites for hydroxylation is 1. The van der Waals surface area contributed by atoms with Gasteiger partial charge in [0.15, 0.2) is 6.10 Å². The zero-order valence-corrected chi connectivity index (χ0v) is 16.7. The van der Waals surface area contributed by atoms with Gasteiger partial charge in [0.25, 0.3) is 5.91 Å². The van der Waals surface area contributed by atoms with Crippen LogP contribution in [0.3, 0.4) is 0 Å². The highest BCUT2D eigenvalue weighted by molar-refractivity contribution is 7.16. The number of hydrogen-bond acceptors (Lipinski definition) is 6. The van der Waals surface area contributed by atoms with Crippen molar-refractivity contribution in [3.63, 3.8) is 0 Å². The molecule has 1 aromatic carbocycles. The number of esters is 1. The van der Waals surface area contributed by atoms with Crippen LogP contribution in [0.25, 0.3) is 0 Å². The fourth-order valence-corrected chi connectivity index (χ4v) is 3.45. The number of nitrogens with one attached hydrogen (secondary N) is 2. The molecular formula is C19H21N3O5S. The third kappa shape index (κ3) is 4.95. The van der Waals surface area contributed by atoms with Crippen LogP contribution >= 0.6 is 11.3 Å². The molecule has 3 amide bonds. The number of nitrogens with two attached hydrogens (primary N) is 1. The van der Waals surface area contributed by atoms with Gasteiger partial charge in [-0.25, -0.2) is 4.79 Å². The van der Waals surface area contributed by atoms with E-state index in [0.717, 1.165) is 4.88 Å². The first-order valence-corrected chi connectivity index (χ1v) is 9.21. The molecule has 0 saturated carbocycles. The first-order chi connectivity index (χ1) is 13.1. The molecule has 28 heavy (non-hydrogen) atoms. The van der Waals surface area contributed by atoms with Crippen LogP contribution in [0.4, 0.5) is 10.7 Å². The van der Waals surface area contributed by atoms with Crippen LogP contribution in [0, 0.1) is 13.8 Å². The third-order valence-corrected chi connectivity index (χ3v) is 5.09. The van der Waals surface area contributed by atoms with Crippen molar-refractivity contribution in [1.29, 1.82) is 0 Å². The molecule has 1 aromatic heterocycles. The highest BCUT2D eigenvalue weighted by Crippen LogP contribution is 2.33. The molecule has 2 rings (SSSR count). The first-order valence-electron chi connectivity index (χ1n) is 8.39. The van der Waals surface area contributed by atoms with Crippen molar-refractivity contribution in [2.75, 3.05) is 10.6 Å². The summed E-state index contributed by atoms with van der Waals surface area (Å²) in [4.78, 5) is 48.2. The van der Waals surface area contributed by atoms with Crippen molar-refractivity contribution < 1.29 is 23.9 Å². The number of ether oxygens (including phenoxy) is 1. The van der Waals surface area contributed by atoms with Crippen LogP contribution in [-0.4, -0.2) is 29.8 Å². The van der Waals surface area contributed by atoms with Crippen molar-refractivity contribution >= 4 is 45.7 Å². The monoisotopic (exact) mass is 403 g/mol. The molecule has 0 radical (unpaired) electrons. The van der Waals surface area contributed by atoms with E-state index in [0.29, 0.717) is 21.8 Å². The van der Waals surface area contributed by atoms with E-state index in [2.05, 4.69) is 10.6 Å². The number of carbonyl (C=O) groups is 4. The predicted octanol–water partition coefficient (Wildman–Crippen LogP) is 2.61. The average molecular weight is 403 g/mol. The molecule has 148 valence electrons. The van der Waals surface area contributed by atoms with Gasteiger partial charge in [-0.1, -0.05) is 0 Å². The highest BCUT2D eigenvalue weighted by Gasteiger charge is 2.25. The maximum atomic E-state index is 12.6. The fourth-order valence-electron chi connectivity index (χ4n) is 2.36. The van der Waals surface area contributed by atoms with Crippen molar-refractivity contribution in [3.05, 3.63) is 45.8 Å². The second kappa shape index (κ2) is 8.66. The van der Waals surface area contributed by atoms with E-state index in [4.69, 9.17) is 10.5 Å². The minimum absolute atomic E-state index is 0.239. The van der Waals surface area contributed by atoms with Crippen molar-refractivity contribution in [2.45, 2.75) is 33.8 Å². The second-order valence-corrected chi connectivity index (χ2v) is 7.37. The molecule has 0 aliphatic carbocycles. The minimum Gasteiger partial charge on any atom is -0.449 e. The van der Waals surface area contributed by atoms with Crippen LogP contribution in [0.2, 0.25) is 0 Å². The van der Waals surface area contributed by atoms with Crippen molar-refractivity contribution in [2.24, 2.45) is 5.73 Å². The maximum absolute atomic E-state index is 12.6. The van der Waals surface area contributed by atoms with Gasteiger partial charge < -0.3 is 21.1 Å².